The number of amides is 1. The van der Waals surface area contributed by atoms with Crippen LogP contribution >= 0.6 is 11.3 Å². The van der Waals surface area contributed by atoms with Gasteiger partial charge >= 0.3 is 0 Å². The van der Waals surface area contributed by atoms with Crippen molar-refractivity contribution in [3.8, 4) is 0 Å². The second-order valence-corrected chi connectivity index (χ2v) is 10.5. The van der Waals surface area contributed by atoms with E-state index in [0.717, 1.165) is 16.8 Å². The van der Waals surface area contributed by atoms with Crippen molar-refractivity contribution in [3.63, 3.8) is 0 Å². The number of nitrogens with zero attached hydrogens (tertiary/aromatic N) is 2. The topological polar surface area (TPSA) is 79.4 Å². The van der Waals surface area contributed by atoms with Crippen LogP contribution in [-0.2, 0) is 10.2 Å². The molecule has 2 aromatic carbocycles. The van der Waals surface area contributed by atoms with Crippen molar-refractivity contribution in [2.24, 2.45) is 5.92 Å². The Morgan fingerprint density at radius 1 is 0.919 bits per heavy atom. The zero-order chi connectivity index (χ0) is 25.1. The minimum atomic E-state index is -1.29. The number of rotatable bonds is 4. The van der Waals surface area contributed by atoms with E-state index in [1.165, 1.54) is 11.3 Å². The lowest BCUT2D eigenvalue weighted by Gasteiger charge is -2.37. The van der Waals surface area contributed by atoms with Crippen LogP contribution < -0.4 is 10.2 Å². The summed E-state index contributed by atoms with van der Waals surface area (Å²) in [5, 5.41) is 4.90. The molecule has 1 spiro atoms. The van der Waals surface area contributed by atoms with E-state index in [9.17, 15) is 14.4 Å². The Labute approximate surface area is 217 Å². The maximum Gasteiger partial charge on any atom is 0.238 e. The first-order valence-corrected chi connectivity index (χ1v) is 13.0. The van der Waals surface area contributed by atoms with Crippen molar-refractivity contribution in [3.05, 3.63) is 118 Å². The average Bonchev–Trinajstić information content (AvgIpc) is 3.65. The van der Waals surface area contributed by atoms with Crippen molar-refractivity contribution in [2.75, 3.05) is 10.2 Å². The van der Waals surface area contributed by atoms with Gasteiger partial charge in [0.25, 0.3) is 0 Å². The van der Waals surface area contributed by atoms with Crippen LogP contribution in [0.3, 0.4) is 0 Å². The highest BCUT2D eigenvalue weighted by molar-refractivity contribution is 7.12. The van der Waals surface area contributed by atoms with E-state index in [1.807, 2.05) is 77.0 Å². The third kappa shape index (κ3) is 2.92. The molecule has 1 amide bonds. The van der Waals surface area contributed by atoms with Gasteiger partial charge < -0.3 is 10.2 Å². The highest BCUT2D eigenvalue weighted by Gasteiger charge is 2.70. The molecular formula is C30H21N3O3S. The first-order chi connectivity index (χ1) is 18.1. The summed E-state index contributed by atoms with van der Waals surface area (Å²) >= 11 is 1.35. The van der Waals surface area contributed by atoms with Crippen LogP contribution in [0.2, 0.25) is 0 Å². The Balaban J connectivity index is 1.55. The number of para-hydroxylation sites is 2. The Hall–Kier alpha value is -4.36. The number of ketones is 2. The van der Waals surface area contributed by atoms with E-state index in [0.29, 0.717) is 16.1 Å². The average molecular weight is 504 g/mol. The van der Waals surface area contributed by atoms with Crippen molar-refractivity contribution in [2.45, 2.75) is 17.5 Å². The summed E-state index contributed by atoms with van der Waals surface area (Å²) in [4.78, 5) is 49.7. The van der Waals surface area contributed by atoms with Crippen molar-refractivity contribution >= 4 is 46.3 Å². The van der Waals surface area contributed by atoms with Gasteiger partial charge in [0, 0.05) is 29.3 Å². The summed E-state index contributed by atoms with van der Waals surface area (Å²) in [6.07, 6.45) is 7.11. The van der Waals surface area contributed by atoms with Gasteiger partial charge in [0.1, 0.15) is 11.5 Å². The SMILES string of the molecule is O=C(c1cccs1)[C@@H]1[C@H](C(=O)c2ccncc2)[C@]2(C(=O)Nc3ccccc32)[C@H]2C=Cc3ccccc3N12. The number of pyridine rings is 1. The molecule has 7 heteroatoms. The van der Waals surface area contributed by atoms with E-state index >= 15 is 0 Å². The first kappa shape index (κ1) is 21.9. The lowest BCUT2D eigenvalue weighted by Crippen LogP contribution is -2.51. The number of hydrogen-bond donors (Lipinski definition) is 1. The molecular weight excluding hydrogens is 482 g/mol. The van der Waals surface area contributed by atoms with Crippen LogP contribution in [0, 0.1) is 5.92 Å². The number of thiophene rings is 1. The molecule has 0 radical (unpaired) electrons. The molecule has 2 aromatic heterocycles. The van der Waals surface area contributed by atoms with E-state index in [-0.39, 0.29) is 17.5 Å². The van der Waals surface area contributed by atoms with Gasteiger partial charge in [-0.2, -0.15) is 0 Å². The number of carbonyl (C=O) groups excluding carboxylic acids is 3. The maximum absolute atomic E-state index is 14.5. The monoisotopic (exact) mass is 503 g/mol. The zero-order valence-corrected chi connectivity index (χ0v) is 20.4. The van der Waals surface area contributed by atoms with Crippen molar-refractivity contribution in [1.82, 2.24) is 4.98 Å². The fourth-order valence-electron chi connectivity index (χ4n) is 6.38. The highest BCUT2D eigenvalue weighted by Crippen LogP contribution is 2.58. The predicted molar refractivity (Wildman–Crippen MR) is 143 cm³/mol. The van der Waals surface area contributed by atoms with Gasteiger partial charge in [-0.1, -0.05) is 54.6 Å². The van der Waals surface area contributed by atoms with Gasteiger partial charge in [0.2, 0.25) is 5.91 Å². The van der Waals surface area contributed by atoms with Gasteiger partial charge in [-0.15, -0.1) is 11.3 Å². The second-order valence-electron chi connectivity index (χ2n) is 9.50. The first-order valence-electron chi connectivity index (χ1n) is 12.1. The molecule has 1 fully saturated rings. The minimum absolute atomic E-state index is 0.161. The number of Topliss-reactive ketones (excluding diaryl/α,β-unsaturated/α-hetero) is 2. The van der Waals surface area contributed by atoms with Gasteiger partial charge in [0.05, 0.1) is 16.8 Å². The zero-order valence-electron chi connectivity index (χ0n) is 19.6. The van der Waals surface area contributed by atoms with Crippen molar-refractivity contribution < 1.29 is 14.4 Å². The number of aromatic nitrogens is 1. The number of benzene rings is 2. The fraction of sp³-hybridized carbons (Fsp3) is 0.133. The van der Waals surface area contributed by atoms with Crippen molar-refractivity contribution in [1.29, 1.82) is 0 Å². The molecule has 0 unspecified atom stereocenters. The number of carbonyl (C=O) groups is 3. The van der Waals surface area contributed by atoms with E-state index < -0.39 is 23.4 Å². The van der Waals surface area contributed by atoms with E-state index in [2.05, 4.69) is 10.3 Å². The standard InChI is InChI=1S/C30H21N3O3S/c34-27(19-13-15-31-16-14-19)25-26(28(35)23-10-5-17-37-23)33-22-9-4-1-6-18(22)11-12-24(33)30(25)20-7-2-3-8-21(20)32-29(30)36/h1-17,24-26H,(H,32,36)/t24-,25-,26+,30-/m1/s1. The molecule has 4 atom stereocenters. The summed E-state index contributed by atoms with van der Waals surface area (Å²) in [5.41, 5.74) is 2.34. The summed E-state index contributed by atoms with van der Waals surface area (Å²) < 4.78 is 0. The minimum Gasteiger partial charge on any atom is -0.352 e. The molecule has 1 N–H and O–H groups in total. The summed E-state index contributed by atoms with van der Waals surface area (Å²) in [7, 11) is 0. The molecule has 1 saturated heterocycles. The third-order valence-electron chi connectivity index (χ3n) is 7.82. The van der Waals surface area contributed by atoms with E-state index in [4.69, 9.17) is 0 Å². The summed E-state index contributed by atoms with van der Waals surface area (Å²) in [6, 6.07) is 20.9. The Kier molecular flexibility index (Phi) is 4.78. The quantitative estimate of drug-likeness (QED) is 0.397. The highest BCUT2D eigenvalue weighted by atomic mass is 32.1. The molecule has 3 aliphatic rings. The lowest BCUT2D eigenvalue weighted by molar-refractivity contribution is -0.121. The van der Waals surface area contributed by atoms with Crippen LogP contribution in [-0.4, -0.2) is 34.5 Å². The number of anilines is 2. The molecule has 37 heavy (non-hydrogen) atoms. The fourth-order valence-corrected chi connectivity index (χ4v) is 7.08. The van der Waals surface area contributed by atoms with E-state index in [1.54, 1.807) is 30.6 Å². The number of fused-ring (bicyclic) bond motifs is 6. The van der Waals surface area contributed by atoms with Gasteiger partial charge in [-0.25, -0.2) is 0 Å². The van der Waals surface area contributed by atoms with Crippen LogP contribution in [0.15, 0.2) is 96.6 Å². The molecule has 180 valence electrons. The normalized spacial score (nSPS) is 24.9. The van der Waals surface area contributed by atoms with Crippen LogP contribution in [0.25, 0.3) is 6.08 Å². The molecule has 0 bridgehead atoms. The number of nitrogens with one attached hydrogen (secondary N) is 1. The van der Waals surface area contributed by atoms with Crippen LogP contribution in [0.4, 0.5) is 11.4 Å². The smallest absolute Gasteiger partial charge is 0.238 e. The van der Waals surface area contributed by atoms with Crippen LogP contribution in [0.5, 0.6) is 0 Å². The maximum atomic E-state index is 14.5. The summed E-state index contributed by atoms with van der Waals surface area (Å²) in [5.74, 6) is -1.63. The third-order valence-corrected chi connectivity index (χ3v) is 8.71. The lowest BCUT2D eigenvalue weighted by atomic mass is 9.64. The largest absolute Gasteiger partial charge is 0.352 e. The summed E-state index contributed by atoms with van der Waals surface area (Å²) in [6.45, 7) is 0. The molecule has 6 nitrogen and oxygen atoms in total. The molecule has 0 saturated carbocycles. The Bertz CT molecular complexity index is 1600. The number of hydrogen-bond acceptors (Lipinski definition) is 6. The molecule has 7 rings (SSSR count). The molecule has 3 aliphatic heterocycles. The van der Waals surface area contributed by atoms with Gasteiger partial charge in [-0.3, -0.25) is 19.4 Å². The Morgan fingerprint density at radius 3 is 2.51 bits per heavy atom. The molecule has 0 aliphatic carbocycles. The van der Waals surface area contributed by atoms with Crippen LogP contribution in [0.1, 0.15) is 31.2 Å². The second kappa shape index (κ2) is 8.08. The van der Waals surface area contributed by atoms with Gasteiger partial charge in [0.15, 0.2) is 11.6 Å². The Morgan fingerprint density at radius 2 is 1.70 bits per heavy atom. The van der Waals surface area contributed by atoms with Gasteiger partial charge in [-0.05, 0) is 46.8 Å². The molecule has 5 heterocycles. The molecule has 4 aromatic rings. The predicted octanol–water partition coefficient (Wildman–Crippen LogP) is 5.00.